The number of aryl methyl sites for hydroxylation is 1. The Morgan fingerprint density at radius 1 is 1.07 bits per heavy atom. The monoisotopic (exact) mass is 420 g/mol. The van der Waals surface area contributed by atoms with Crippen LogP contribution >= 0.6 is 11.6 Å². The number of carboxylic acids is 1. The average Bonchev–Trinajstić information content (AvgIpc) is 3.24. The standard InChI is InChI=1S/C24H21ClN2O3/c1-15-8-9-17(14-26-15)18-11-10-16(13-20(18)19-5-2-3-6-21(19)25)23(28)27-12-4-7-22(27)24(29)30/h2-3,5-6,8-11,13-14,22H,4,7,12H2,1H3,(H,29,30). The quantitative estimate of drug-likeness (QED) is 0.639. The number of benzene rings is 2. The van der Waals surface area contributed by atoms with Gasteiger partial charge in [-0.05, 0) is 55.2 Å². The van der Waals surface area contributed by atoms with Crippen LogP contribution in [0.4, 0.5) is 0 Å². The third-order valence-electron chi connectivity index (χ3n) is 5.45. The molecule has 0 saturated carbocycles. The van der Waals surface area contributed by atoms with Crippen LogP contribution in [-0.4, -0.2) is 39.5 Å². The van der Waals surface area contributed by atoms with Crippen molar-refractivity contribution in [2.75, 3.05) is 6.54 Å². The summed E-state index contributed by atoms with van der Waals surface area (Å²) in [7, 11) is 0. The van der Waals surface area contributed by atoms with E-state index in [2.05, 4.69) is 4.98 Å². The zero-order chi connectivity index (χ0) is 21.3. The van der Waals surface area contributed by atoms with Gasteiger partial charge in [-0.15, -0.1) is 0 Å². The second-order valence-electron chi connectivity index (χ2n) is 7.42. The Kier molecular flexibility index (Phi) is 5.55. The molecule has 1 atom stereocenters. The second-order valence-corrected chi connectivity index (χ2v) is 7.83. The molecule has 1 aliphatic heterocycles. The molecule has 1 aliphatic rings. The van der Waals surface area contributed by atoms with Crippen LogP contribution in [0, 0.1) is 6.92 Å². The van der Waals surface area contributed by atoms with Gasteiger partial charge in [0.25, 0.3) is 5.91 Å². The van der Waals surface area contributed by atoms with Gasteiger partial charge in [0, 0.05) is 40.1 Å². The van der Waals surface area contributed by atoms with Crippen LogP contribution in [-0.2, 0) is 4.79 Å². The van der Waals surface area contributed by atoms with E-state index < -0.39 is 12.0 Å². The SMILES string of the molecule is Cc1ccc(-c2ccc(C(=O)N3CCCC3C(=O)O)cc2-c2ccccc2Cl)cn1. The fraction of sp³-hybridized carbons (Fsp3) is 0.208. The minimum Gasteiger partial charge on any atom is -0.480 e. The smallest absolute Gasteiger partial charge is 0.326 e. The number of likely N-dealkylation sites (tertiary alicyclic amines) is 1. The molecule has 1 fully saturated rings. The number of carboxylic acid groups (broad SMARTS) is 1. The number of aliphatic carboxylic acids is 1. The van der Waals surface area contributed by atoms with E-state index in [-0.39, 0.29) is 5.91 Å². The van der Waals surface area contributed by atoms with Crippen molar-refractivity contribution in [1.82, 2.24) is 9.88 Å². The third kappa shape index (κ3) is 3.81. The Hall–Kier alpha value is -3.18. The van der Waals surface area contributed by atoms with Gasteiger partial charge in [-0.1, -0.05) is 41.9 Å². The number of pyridine rings is 1. The van der Waals surface area contributed by atoms with Crippen LogP contribution in [0.5, 0.6) is 0 Å². The zero-order valence-corrected chi connectivity index (χ0v) is 17.3. The predicted molar refractivity (Wildman–Crippen MR) is 117 cm³/mol. The summed E-state index contributed by atoms with van der Waals surface area (Å²) in [6, 6.07) is 16.0. The van der Waals surface area contributed by atoms with Crippen LogP contribution in [0.2, 0.25) is 5.02 Å². The lowest BCUT2D eigenvalue weighted by Crippen LogP contribution is -2.40. The van der Waals surface area contributed by atoms with E-state index in [0.717, 1.165) is 27.9 Å². The molecule has 0 aliphatic carbocycles. The molecule has 5 nitrogen and oxygen atoms in total. The second kappa shape index (κ2) is 8.28. The summed E-state index contributed by atoms with van der Waals surface area (Å²) in [4.78, 5) is 30.5. The molecule has 152 valence electrons. The van der Waals surface area contributed by atoms with Crippen molar-refractivity contribution in [3.63, 3.8) is 0 Å². The fourth-order valence-electron chi connectivity index (χ4n) is 3.89. The summed E-state index contributed by atoms with van der Waals surface area (Å²) in [5.41, 5.74) is 4.80. The molecule has 1 aromatic heterocycles. The van der Waals surface area contributed by atoms with Gasteiger partial charge in [0.05, 0.1) is 0 Å². The number of halogens is 1. The minimum absolute atomic E-state index is 0.276. The van der Waals surface area contributed by atoms with Crippen molar-refractivity contribution in [3.8, 4) is 22.3 Å². The highest BCUT2D eigenvalue weighted by Crippen LogP contribution is 2.37. The molecule has 3 aromatic rings. The first-order chi connectivity index (χ1) is 14.5. The van der Waals surface area contributed by atoms with Gasteiger partial charge in [-0.2, -0.15) is 0 Å². The molecular formula is C24H21ClN2O3. The molecule has 0 spiro atoms. The minimum atomic E-state index is -0.963. The number of carbonyl (C=O) groups is 2. The summed E-state index contributed by atoms with van der Waals surface area (Å²) in [5, 5.41) is 10.0. The molecule has 0 bridgehead atoms. The predicted octanol–water partition coefficient (Wildman–Crippen LogP) is 5.07. The molecule has 1 amide bonds. The van der Waals surface area contributed by atoms with Crippen LogP contribution < -0.4 is 0 Å². The highest BCUT2D eigenvalue weighted by atomic mass is 35.5. The van der Waals surface area contributed by atoms with E-state index in [1.54, 1.807) is 18.3 Å². The van der Waals surface area contributed by atoms with Crippen LogP contribution in [0.25, 0.3) is 22.3 Å². The van der Waals surface area contributed by atoms with Crippen molar-refractivity contribution in [2.24, 2.45) is 0 Å². The van der Waals surface area contributed by atoms with E-state index in [9.17, 15) is 14.7 Å². The summed E-state index contributed by atoms with van der Waals surface area (Å²) in [6.45, 7) is 2.37. The van der Waals surface area contributed by atoms with Gasteiger partial charge in [-0.25, -0.2) is 4.79 Å². The van der Waals surface area contributed by atoms with Crippen LogP contribution in [0.1, 0.15) is 28.9 Å². The lowest BCUT2D eigenvalue weighted by molar-refractivity contribution is -0.141. The van der Waals surface area contributed by atoms with E-state index in [4.69, 9.17) is 11.6 Å². The summed E-state index contributed by atoms with van der Waals surface area (Å²) in [6.07, 6.45) is 2.96. The molecule has 30 heavy (non-hydrogen) atoms. The molecule has 4 rings (SSSR count). The van der Waals surface area contributed by atoms with Crippen LogP contribution in [0.15, 0.2) is 60.8 Å². The van der Waals surface area contributed by atoms with Gasteiger partial charge in [0.15, 0.2) is 0 Å². The maximum Gasteiger partial charge on any atom is 0.326 e. The molecule has 2 aromatic carbocycles. The number of hydrogen-bond acceptors (Lipinski definition) is 3. The van der Waals surface area contributed by atoms with Gasteiger partial charge in [-0.3, -0.25) is 9.78 Å². The third-order valence-corrected chi connectivity index (χ3v) is 5.78. The fourth-order valence-corrected chi connectivity index (χ4v) is 4.13. The first kappa shape index (κ1) is 20.1. The number of carbonyl (C=O) groups excluding carboxylic acids is 1. The number of nitrogens with zero attached hydrogens (tertiary/aromatic N) is 2. The first-order valence-electron chi connectivity index (χ1n) is 9.81. The van der Waals surface area contributed by atoms with Crippen molar-refractivity contribution in [2.45, 2.75) is 25.8 Å². The zero-order valence-electron chi connectivity index (χ0n) is 16.5. The molecule has 1 unspecified atom stereocenters. The Balaban J connectivity index is 1.82. The number of hydrogen-bond donors (Lipinski definition) is 1. The lowest BCUT2D eigenvalue weighted by Gasteiger charge is -2.22. The number of rotatable bonds is 4. The highest BCUT2D eigenvalue weighted by Gasteiger charge is 2.34. The van der Waals surface area contributed by atoms with E-state index >= 15 is 0 Å². The Morgan fingerprint density at radius 2 is 1.87 bits per heavy atom. The summed E-state index contributed by atoms with van der Waals surface area (Å²) >= 11 is 6.48. The molecule has 1 N–H and O–H groups in total. The van der Waals surface area contributed by atoms with E-state index in [0.29, 0.717) is 30.0 Å². The number of aromatic nitrogens is 1. The normalized spacial score (nSPS) is 15.9. The molecule has 6 heteroatoms. The van der Waals surface area contributed by atoms with Gasteiger partial charge < -0.3 is 10.0 Å². The topological polar surface area (TPSA) is 70.5 Å². The average molecular weight is 421 g/mol. The van der Waals surface area contributed by atoms with Gasteiger partial charge in [0.2, 0.25) is 0 Å². The molecule has 0 radical (unpaired) electrons. The molecule has 1 saturated heterocycles. The first-order valence-corrected chi connectivity index (χ1v) is 10.2. The van der Waals surface area contributed by atoms with E-state index in [1.165, 1.54) is 4.90 Å². The lowest BCUT2D eigenvalue weighted by atomic mass is 9.93. The Bertz CT molecular complexity index is 1110. The van der Waals surface area contributed by atoms with Crippen LogP contribution in [0.3, 0.4) is 0 Å². The largest absolute Gasteiger partial charge is 0.480 e. The highest BCUT2D eigenvalue weighted by molar-refractivity contribution is 6.33. The maximum absolute atomic E-state index is 13.1. The van der Waals surface area contributed by atoms with Crippen molar-refractivity contribution >= 4 is 23.5 Å². The van der Waals surface area contributed by atoms with Crippen molar-refractivity contribution in [3.05, 3.63) is 77.1 Å². The maximum atomic E-state index is 13.1. The van der Waals surface area contributed by atoms with Crippen molar-refractivity contribution in [1.29, 1.82) is 0 Å². The molecular weight excluding hydrogens is 400 g/mol. The van der Waals surface area contributed by atoms with Gasteiger partial charge in [0.1, 0.15) is 6.04 Å². The summed E-state index contributed by atoms with van der Waals surface area (Å²) < 4.78 is 0. The Labute approximate surface area is 179 Å². The van der Waals surface area contributed by atoms with Crippen molar-refractivity contribution < 1.29 is 14.7 Å². The number of amides is 1. The Morgan fingerprint density at radius 3 is 2.57 bits per heavy atom. The van der Waals surface area contributed by atoms with Gasteiger partial charge >= 0.3 is 5.97 Å². The molecule has 2 heterocycles. The summed E-state index contributed by atoms with van der Waals surface area (Å²) in [5.74, 6) is -1.24. The van der Waals surface area contributed by atoms with E-state index in [1.807, 2.05) is 49.4 Å².